The first-order chi connectivity index (χ1) is 15.4. The van der Waals surface area contributed by atoms with E-state index in [1.807, 2.05) is 32.0 Å². The number of aromatic nitrogens is 2. The van der Waals surface area contributed by atoms with Gasteiger partial charge in [0.25, 0.3) is 11.5 Å². The number of halogens is 1. The van der Waals surface area contributed by atoms with E-state index in [-0.39, 0.29) is 29.1 Å². The van der Waals surface area contributed by atoms with Gasteiger partial charge in [-0.05, 0) is 36.6 Å². The van der Waals surface area contributed by atoms with Crippen LogP contribution in [0.15, 0.2) is 47.3 Å². The van der Waals surface area contributed by atoms with Crippen LogP contribution in [0.4, 0.5) is 5.69 Å². The lowest BCUT2D eigenvalue weighted by atomic mass is 10.1. The van der Waals surface area contributed by atoms with Crippen LogP contribution in [0.3, 0.4) is 0 Å². The van der Waals surface area contributed by atoms with Crippen LogP contribution in [0.2, 0.25) is 5.02 Å². The Balaban J connectivity index is 1.58. The molecule has 1 atom stereocenters. The molecule has 2 aromatic carbocycles. The summed E-state index contributed by atoms with van der Waals surface area (Å²) in [5, 5.41) is 9.26. The Hall–Kier alpha value is -3.06. The summed E-state index contributed by atoms with van der Waals surface area (Å²) in [6.45, 7) is 5.88. The van der Waals surface area contributed by atoms with Gasteiger partial charge in [-0.25, -0.2) is 4.68 Å². The van der Waals surface area contributed by atoms with E-state index in [0.29, 0.717) is 28.9 Å². The van der Waals surface area contributed by atoms with E-state index in [1.54, 1.807) is 31.4 Å². The molecular formula is C24H27ClN4O3. The third-order valence-corrected chi connectivity index (χ3v) is 5.86. The van der Waals surface area contributed by atoms with Gasteiger partial charge >= 0.3 is 0 Å². The normalized spacial score (nSPS) is 16.0. The topological polar surface area (TPSA) is 76.5 Å². The molecule has 2 heterocycles. The molecule has 4 rings (SSSR count). The molecule has 0 spiro atoms. The van der Waals surface area contributed by atoms with Crippen LogP contribution in [0, 0.1) is 5.92 Å². The van der Waals surface area contributed by atoms with Gasteiger partial charge in [0.2, 0.25) is 0 Å². The number of fused-ring (bicyclic) bond motifs is 1. The van der Waals surface area contributed by atoms with E-state index in [2.05, 4.69) is 15.3 Å². The van der Waals surface area contributed by atoms with Crippen LogP contribution in [-0.2, 0) is 6.54 Å². The summed E-state index contributed by atoms with van der Waals surface area (Å²) in [4.78, 5) is 28.2. The van der Waals surface area contributed by atoms with Crippen molar-refractivity contribution in [1.82, 2.24) is 15.1 Å². The molecule has 0 bridgehead atoms. The van der Waals surface area contributed by atoms with E-state index < -0.39 is 0 Å². The first-order valence-corrected chi connectivity index (χ1v) is 11.1. The van der Waals surface area contributed by atoms with Crippen LogP contribution in [0.25, 0.3) is 10.8 Å². The van der Waals surface area contributed by atoms with Crippen molar-refractivity contribution in [3.63, 3.8) is 0 Å². The summed E-state index contributed by atoms with van der Waals surface area (Å²) in [6.07, 6.45) is 0.783. The lowest BCUT2D eigenvalue weighted by Gasteiger charge is -2.22. The molecule has 1 aliphatic heterocycles. The number of carbonyl (C=O) groups is 1. The molecule has 0 radical (unpaired) electrons. The van der Waals surface area contributed by atoms with Crippen molar-refractivity contribution in [2.45, 2.75) is 32.9 Å². The number of hydrogen-bond acceptors (Lipinski definition) is 5. The molecule has 1 aromatic heterocycles. The lowest BCUT2D eigenvalue weighted by Crippen LogP contribution is -2.39. The number of amides is 1. The molecule has 1 aliphatic rings. The zero-order valence-electron chi connectivity index (χ0n) is 18.5. The van der Waals surface area contributed by atoms with Gasteiger partial charge in [0.05, 0.1) is 18.2 Å². The van der Waals surface area contributed by atoms with Crippen molar-refractivity contribution in [1.29, 1.82) is 0 Å². The van der Waals surface area contributed by atoms with E-state index in [1.165, 1.54) is 4.68 Å². The summed E-state index contributed by atoms with van der Waals surface area (Å²) in [6, 6.07) is 12.6. The average molecular weight is 455 g/mol. The van der Waals surface area contributed by atoms with Crippen molar-refractivity contribution in [2.24, 2.45) is 5.92 Å². The minimum atomic E-state index is -0.274. The molecule has 7 nitrogen and oxygen atoms in total. The molecule has 1 amide bonds. The van der Waals surface area contributed by atoms with Gasteiger partial charge in [-0.1, -0.05) is 43.6 Å². The fourth-order valence-corrected chi connectivity index (χ4v) is 4.30. The second kappa shape index (κ2) is 9.20. The molecule has 1 N–H and O–H groups in total. The lowest BCUT2D eigenvalue weighted by molar-refractivity contribution is 0.0934. The van der Waals surface area contributed by atoms with Gasteiger partial charge in [-0.15, -0.1) is 0 Å². The number of ether oxygens (including phenoxy) is 1. The minimum Gasteiger partial charge on any atom is -0.495 e. The van der Waals surface area contributed by atoms with Crippen molar-refractivity contribution in [2.75, 3.05) is 25.1 Å². The number of nitrogens with zero attached hydrogens (tertiary/aromatic N) is 3. The quantitative estimate of drug-likeness (QED) is 0.614. The predicted octanol–water partition coefficient (Wildman–Crippen LogP) is 3.72. The number of anilines is 1. The van der Waals surface area contributed by atoms with Gasteiger partial charge < -0.3 is 15.0 Å². The van der Waals surface area contributed by atoms with E-state index in [0.717, 1.165) is 24.4 Å². The first kappa shape index (κ1) is 22.1. The van der Waals surface area contributed by atoms with Crippen molar-refractivity contribution < 1.29 is 9.53 Å². The van der Waals surface area contributed by atoms with Gasteiger partial charge in [0.1, 0.15) is 5.75 Å². The van der Waals surface area contributed by atoms with Gasteiger partial charge in [0, 0.05) is 36.1 Å². The Bertz CT molecular complexity index is 1210. The number of nitrogens with one attached hydrogen (secondary N) is 1. The molecule has 1 unspecified atom stereocenters. The summed E-state index contributed by atoms with van der Waals surface area (Å²) in [7, 11) is 1.63. The SMILES string of the molecule is COc1ccc(Cl)cc1N1CCC(NC(=O)c2nn(CC(C)C)c(=O)c3ccccc23)C1. The maximum Gasteiger partial charge on any atom is 0.274 e. The molecule has 0 saturated carbocycles. The highest BCUT2D eigenvalue weighted by atomic mass is 35.5. The fourth-order valence-electron chi connectivity index (χ4n) is 4.13. The highest BCUT2D eigenvalue weighted by Gasteiger charge is 2.28. The third-order valence-electron chi connectivity index (χ3n) is 5.63. The maximum absolute atomic E-state index is 13.2. The van der Waals surface area contributed by atoms with Gasteiger partial charge in [-0.2, -0.15) is 5.10 Å². The number of rotatable bonds is 6. The number of methoxy groups -OCH3 is 1. The second-order valence-electron chi connectivity index (χ2n) is 8.50. The van der Waals surface area contributed by atoms with Gasteiger partial charge in [-0.3, -0.25) is 9.59 Å². The number of hydrogen-bond donors (Lipinski definition) is 1. The molecular weight excluding hydrogens is 428 g/mol. The summed E-state index contributed by atoms with van der Waals surface area (Å²) in [5.74, 6) is 0.701. The molecule has 0 aliphatic carbocycles. The van der Waals surface area contributed by atoms with E-state index >= 15 is 0 Å². The highest BCUT2D eigenvalue weighted by molar-refractivity contribution is 6.31. The summed E-state index contributed by atoms with van der Waals surface area (Å²) < 4.78 is 6.88. The van der Waals surface area contributed by atoms with Crippen molar-refractivity contribution >= 4 is 34.0 Å². The zero-order valence-corrected chi connectivity index (χ0v) is 19.2. The van der Waals surface area contributed by atoms with Crippen LogP contribution in [0.5, 0.6) is 5.75 Å². The van der Waals surface area contributed by atoms with Gasteiger partial charge in [0.15, 0.2) is 5.69 Å². The summed E-state index contributed by atoms with van der Waals surface area (Å²) in [5.41, 5.74) is 1.01. The highest BCUT2D eigenvalue weighted by Crippen LogP contribution is 2.33. The smallest absolute Gasteiger partial charge is 0.274 e. The Morgan fingerprint density at radius 1 is 1.25 bits per heavy atom. The Morgan fingerprint density at radius 2 is 2.00 bits per heavy atom. The fraction of sp³-hybridized carbons (Fsp3) is 0.375. The number of carbonyl (C=O) groups excluding carboxylic acids is 1. The molecule has 3 aromatic rings. The predicted molar refractivity (Wildman–Crippen MR) is 127 cm³/mol. The monoisotopic (exact) mass is 454 g/mol. The van der Waals surface area contributed by atoms with Crippen molar-refractivity contribution in [3.05, 3.63) is 63.5 Å². The third kappa shape index (κ3) is 4.43. The first-order valence-electron chi connectivity index (χ1n) is 10.8. The van der Waals surface area contributed by atoms with Crippen LogP contribution in [0.1, 0.15) is 30.8 Å². The molecule has 1 fully saturated rings. The van der Waals surface area contributed by atoms with Crippen LogP contribution >= 0.6 is 11.6 Å². The number of benzene rings is 2. The minimum absolute atomic E-state index is 0.0581. The Kier molecular flexibility index (Phi) is 6.37. The molecule has 168 valence electrons. The van der Waals surface area contributed by atoms with Crippen LogP contribution in [-0.4, -0.2) is 41.9 Å². The molecule has 8 heteroatoms. The van der Waals surface area contributed by atoms with E-state index in [4.69, 9.17) is 16.3 Å². The maximum atomic E-state index is 13.2. The Labute approximate surface area is 191 Å². The second-order valence-corrected chi connectivity index (χ2v) is 8.93. The molecule has 32 heavy (non-hydrogen) atoms. The largest absolute Gasteiger partial charge is 0.495 e. The van der Waals surface area contributed by atoms with Crippen molar-refractivity contribution in [3.8, 4) is 5.75 Å². The average Bonchev–Trinajstić information content (AvgIpc) is 3.23. The summed E-state index contributed by atoms with van der Waals surface area (Å²) >= 11 is 6.18. The van der Waals surface area contributed by atoms with E-state index in [9.17, 15) is 9.59 Å². The van der Waals surface area contributed by atoms with Crippen LogP contribution < -0.4 is 20.5 Å². The standard InChI is InChI=1S/C24H27ClN4O3/c1-15(2)13-29-24(31)19-7-5-4-6-18(19)22(27-29)23(30)26-17-10-11-28(14-17)20-12-16(25)8-9-21(20)32-3/h4-9,12,15,17H,10-11,13-14H2,1-3H3,(H,26,30). The zero-order chi connectivity index (χ0) is 22.8. The molecule has 1 saturated heterocycles. The Morgan fingerprint density at radius 3 is 2.72 bits per heavy atom.